The predicted molar refractivity (Wildman–Crippen MR) is 73.5 cm³/mol. The molecule has 1 amide bonds. The van der Waals surface area contributed by atoms with Gasteiger partial charge in [0.15, 0.2) is 0 Å². The van der Waals surface area contributed by atoms with E-state index in [1.165, 1.54) is 0 Å². The van der Waals surface area contributed by atoms with E-state index in [0.29, 0.717) is 25.3 Å². The zero-order valence-corrected chi connectivity index (χ0v) is 11.8. The molecule has 1 aliphatic rings. The lowest BCUT2D eigenvalue weighted by molar-refractivity contribution is -0.125. The van der Waals surface area contributed by atoms with Crippen LogP contribution in [0.25, 0.3) is 0 Å². The highest BCUT2D eigenvalue weighted by atomic mass is 16.6. The Morgan fingerprint density at radius 2 is 2.42 bits per heavy atom. The van der Waals surface area contributed by atoms with Crippen molar-refractivity contribution in [2.75, 3.05) is 41.0 Å². The van der Waals surface area contributed by atoms with E-state index in [0.717, 1.165) is 0 Å². The molecule has 6 nitrogen and oxygen atoms in total. The normalized spacial score (nSPS) is 22.8. The Kier molecular flexibility index (Phi) is 6.72. The van der Waals surface area contributed by atoms with Crippen LogP contribution >= 0.6 is 0 Å². The van der Waals surface area contributed by atoms with Gasteiger partial charge < -0.3 is 15.0 Å². The molecule has 0 saturated carbocycles. The number of amides is 1. The summed E-state index contributed by atoms with van der Waals surface area (Å²) < 4.78 is 5.11. The summed E-state index contributed by atoms with van der Waals surface area (Å²) in [5.41, 5.74) is 3.57. The van der Waals surface area contributed by atoms with E-state index < -0.39 is 0 Å². The molecule has 0 aromatic carbocycles. The van der Waals surface area contributed by atoms with Crippen LogP contribution in [-0.2, 0) is 14.4 Å². The van der Waals surface area contributed by atoms with Gasteiger partial charge in [0.05, 0.1) is 19.3 Å². The number of nitrogens with one attached hydrogen (secondary N) is 2. The van der Waals surface area contributed by atoms with Crippen LogP contribution in [0.1, 0.15) is 0 Å². The number of carbonyl (C=O) groups excluding carboxylic acids is 1. The van der Waals surface area contributed by atoms with Gasteiger partial charge in [-0.25, -0.2) is 0 Å². The van der Waals surface area contributed by atoms with E-state index in [2.05, 4.69) is 17.4 Å². The molecule has 1 rings (SSSR count). The van der Waals surface area contributed by atoms with Crippen LogP contribution in [-0.4, -0.2) is 63.9 Å². The van der Waals surface area contributed by atoms with E-state index in [1.54, 1.807) is 32.2 Å². The predicted octanol–water partition coefficient (Wildman–Crippen LogP) is -0.305. The highest BCUT2D eigenvalue weighted by Gasteiger charge is 2.28. The number of rotatable bonds is 7. The topological polar surface area (TPSA) is 62.8 Å². The van der Waals surface area contributed by atoms with Crippen LogP contribution in [0.5, 0.6) is 0 Å². The lowest BCUT2D eigenvalue weighted by atomic mass is 9.99. The average Bonchev–Trinajstić information content (AvgIpc) is 2.39. The van der Waals surface area contributed by atoms with Crippen LogP contribution < -0.4 is 10.8 Å². The van der Waals surface area contributed by atoms with Gasteiger partial charge in [0.2, 0.25) is 0 Å². The summed E-state index contributed by atoms with van der Waals surface area (Å²) in [5.74, 6) is -0.0256. The minimum absolute atomic E-state index is 0.0256. The lowest BCUT2D eigenvalue weighted by Crippen LogP contribution is -2.51. The highest BCUT2D eigenvalue weighted by Crippen LogP contribution is 2.12. The van der Waals surface area contributed by atoms with Crippen molar-refractivity contribution in [2.45, 2.75) is 12.1 Å². The molecule has 0 aliphatic carbocycles. The Balaban J connectivity index is 2.76. The van der Waals surface area contributed by atoms with E-state index in [1.807, 2.05) is 6.08 Å². The summed E-state index contributed by atoms with van der Waals surface area (Å²) in [6.07, 6.45) is 3.54. The third kappa shape index (κ3) is 4.76. The molecule has 0 fully saturated rings. The van der Waals surface area contributed by atoms with Gasteiger partial charge in [0.1, 0.15) is 0 Å². The highest BCUT2D eigenvalue weighted by molar-refractivity contribution is 5.94. The van der Waals surface area contributed by atoms with Gasteiger partial charge in [0.25, 0.3) is 5.91 Å². The van der Waals surface area contributed by atoms with Crippen molar-refractivity contribution in [3.8, 4) is 0 Å². The molecule has 2 atom stereocenters. The van der Waals surface area contributed by atoms with Crippen LogP contribution in [0.2, 0.25) is 0 Å². The lowest BCUT2D eigenvalue weighted by Gasteiger charge is -2.30. The molecule has 0 radical (unpaired) electrons. The van der Waals surface area contributed by atoms with Gasteiger partial charge in [-0.2, -0.15) is 5.48 Å². The zero-order valence-electron chi connectivity index (χ0n) is 11.8. The average molecular weight is 269 g/mol. The Morgan fingerprint density at radius 3 is 3.00 bits per heavy atom. The first-order valence-electron chi connectivity index (χ1n) is 6.24. The van der Waals surface area contributed by atoms with E-state index in [4.69, 9.17) is 9.57 Å². The molecule has 1 aliphatic heterocycles. The summed E-state index contributed by atoms with van der Waals surface area (Å²) in [7, 11) is 5.11. The van der Waals surface area contributed by atoms with E-state index in [-0.39, 0.29) is 18.0 Å². The number of carbonyl (C=O) groups is 1. The molecule has 108 valence electrons. The standard InChI is InChI=1S/C13H23N3O3/c1-5-6-19-15-12-8-14-10(9-18-4)7-11(12)13(17)16(2)3/h5,7,10,12,14-15H,1,6,8-9H2,2-4H3. The van der Waals surface area contributed by atoms with E-state index in [9.17, 15) is 4.79 Å². The van der Waals surface area contributed by atoms with Crippen LogP contribution in [0.4, 0.5) is 0 Å². The number of likely N-dealkylation sites (N-methyl/N-ethyl adjacent to an activating group) is 1. The van der Waals surface area contributed by atoms with Gasteiger partial charge in [-0.05, 0) is 0 Å². The van der Waals surface area contributed by atoms with Gasteiger partial charge >= 0.3 is 0 Å². The minimum atomic E-state index is -0.178. The first-order valence-corrected chi connectivity index (χ1v) is 6.24. The zero-order chi connectivity index (χ0) is 14.3. The molecule has 0 aromatic heterocycles. The molecule has 0 spiro atoms. The van der Waals surface area contributed by atoms with Gasteiger partial charge in [-0.1, -0.05) is 12.2 Å². The van der Waals surface area contributed by atoms with E-state index >= 15 is 0 Å². The first kappa shape index (κ1) is 15.8. The van der Waals surface area contributed by atoms with Crippen molar-refractivity contribution in [2.24, 2.45) is 0 Å². The molecule has 0 bridgehead atoms. The third-order valence-corrected chi connectivity index (χ3v) is 2.77. The molecular formula is C13H23N3O3. The number of hydrogen-bond donors (Lipinski definition) is 2. The molecule has 19 heavy (non-hydrogen) atoms. The Hall–Kier alpha value is -1.21. The SMILES string of the molecule is C=CCONC1CNC(COC)C=C1C(=O)N(C)C. The molecule has 0 saturated heterocycles. The largest absolute Gasteiger partial charge is 0.383 e. The maximum absolute atomic E-state index is 12.2. The number of methoxy groups -OCH3 is 1. The van der Waals surface area contributed by atoms with Crippen molar-refractivity contribution >= 4 is 5.91 Å². The molecule has 1 heterocycles. The van der Waals surface area contributed by atoms with Crippen LogP contribution in [0.15, 0.2) is 24.3 Å². The second kappa shape index (κ2) is 8.06. The molecular weight excluding hydrogens is 246 g/mol. The Labute approximate surface area is 114 Å². The third-order valence-electron chi connectivity index (χ3n) is 2.77. The number of ether oxygens (including phenoxy) is 1. The van der Waals surface area contributed by atoms with Crippen molar-refractivity contribution < 1.29 is 14.4 Å². The van der Waals surface area contributed by atoms with Crippen molar-refractivity contribution in [1.29, 1.82) is 0 Å². The summed E-state index contributed by atoms with van der Waals surface area (Å²) in [5, 5.41) is 3.28. The van der Waals surface area contributed by atoms with Crippen LogP contribution in [0.3, 0.4) is 0 Å². The Morgan fingerprint density at radius 1 is 1.68 bits per heavy atom. The van der Waals surface area contributed by atoms with Gasteiger partial charge in [-0.3, -0.25) is 9.63 Å². The second-order valence-electron chi connectivity index (χ2n) is 4.56. The molecule has 0 aromatic rings. The van der Waals surface area contributed by atoms with Crippen molar-refractivity contribution in [1.82, 2.24) is 15.7 Å². The molecule has 2 unspecified atom stereocenters. The van der Waals surface area contributed by atoms with Gasteiger partial charge in [0, 0.05) is 39.4 Å². The minimum Gasteiger partial charge on any atom is -0.383 e. The summed E-state index contributed by atoms with van der Waals surface area (Å²) >= 11 is 0. The fourth-order valence-electron chi connectivity index (χ4n) is 1.85. The monoisotopic (exact) mass is 269 g/mol. The smallest absolute Gasteiger partial charge is 0.250 e. The Bertz CT molecular complexity index is 342. The van der Waals surface area contributed by atoms with Crippen LogP contribution in [0, 0.1) is 0 Å². The summed E-state index contributed by atoms with van der Waals surface area (Å²) in [6.45, 7) is 5.11. The fourth-order valence-corrected chi connectivity index (χ4v) is 1.85. The summed E-state index contributed by atoms with van der Waals surface area (Å²) in [4.78, 5) is 18.9. The molecule has 6 heteroatoms. The quantitative estimate of drug-likeness (QED) is 0.377. The van der Waals surface area contributed by atoms with Gasteiger partial charge in [-0.15, -0.1) is 6.58 Å². The maximum Gasteiger partial charge on any atom is 0.250 e. The fraction of sp³-hybridized carbons (Fsp3) is 0.615. The number of hydroxylamine groups is 1. The molecule has 2 N–H and O–H groups in total. The maximum atomic E-state index is 12.2. The summed E-state index contributed by atoms with van der Waals surface area (Å²) in [6, 6.07) is -0.135. The van der Waals surface area contributed by atoms with Crippen molar-refractivity contribution in [3.63, 3.8) is 0 Å². The van der Waals surface area contributed by atoms with Crippen molar-refractivity contribution in [3.05, 3.63) is 24.3 Å². The second-order valence-corrected chi connectivity index (χ2v) is 4.56. The first-order chi connectivity index (χ1) is 9.10. The number of nitrogens with zero attached hydrogens (tertiary/aromatic N) is 1. The number of hydrogen-bond acceptors (Lipinski definition) is 5.